The second-order valence-corrected chi connectivity index (χ2v) is 24.6. The van der Waals surface area contributed by atoms with Crippen molar-refractivity contribution in [2.24, 2.45) is 10.7 Å². The first-order valence-electron chi connectivity index (χ1n) is 37.0. The predicted molar refractivity (Wildman–Crippen MR) is 456 cm³/mol. The third-order valence-electron chi connectivity index (χ3n) is 14.0. The van der Waals surface area contributed by atoms with E-state index >= 15 is 0 Å². The Kier molecular flexibility index (Phi) is 85.8. The van der Waals surface area contributed by atoms with Crippen LogP contribution in [0.2, 0.25) is 0 Å². The Balaban J connectivity index is -0.000000239. The van der Waals surface area contributed by atoms with Crippen LogP contribution in [0, 0.1) is 6.65 Å². The number of anilines is 2. The number of hydrogen-bond acceptors (Lipinski definition) is 31. The minimum absolute atomic E-state index is 0. The number of ether oxygens (including phenoxy) is 8. The van der Waals surface area contributed by atoms with Gasteiger partial charge in [0.15, 0.2) is 11.6 Å². The van der Waals surface area contributed by atoms with Gasteiger partial charge < -0.3 is 86.5 Å². The topological polar surface area (TPSA) is 509 Å². The number of rotatable bonds is 26. The number of aliphatic hydroxyl groups is 1. The number of aliphatic hydroxyl groups excluding tert-OH is 1. The summed E-state index contributed by atoms with van der Waals surface area (Å²) in [5.41, 5.74) is 17.8. The Morgan fingerprint density at radius 2 is 0.790 bits per heavy atom. The number of methoxy groups -OCH3 is 2. The Hall–Kier alpha value is -9.73. The molecule has 0 radical (unpaired) electrons. The van der Waals surface area contributed by atoms with Crippen LogP contribution in [0.25, 0.3) is 0 Å². The van der Waals surface area contributed by atoms with Gasteiger partial charge in [-0.25, -0.2) is 0 Å². The van der Waals surface area contributed by atoms with E-state index in [0.717, 1.165) is 144 Å². The van der Waals surface area contributed by atoms with Gasteiger partial charge in [-0.15, -0.1) is 24.8 Å². The van der Waals surface area contributed by atoms with Crippen LogP contribution < -0.4 is 47.5 Å². The molecule has 0 heterocycles. The van der Waals surface area contributed by atoms with E-state index in [9.17, 15) is 57.5 Å². The van der Waals surface area contributed by atoms with Crippen LogP contribution in [0.4, 0.5) is 11.4 Å². The molecule has 0 atom stereocenters. The minimum atomic E-state index is -1.14. The molecule has 1 saturated carbocycles. The van der Waals surface area contributed by atoms with Crippen LogP contribution in [0.3, 0.4) is 0 Å². The molecule has 0 unspecified atom stereocenters. The van der Waals surface area contributed by atoms with Crippen molar-refractivity contribution in [3.05, 3.63) is 136 Å². The van der Waals surface area contributed by atoms with E-state index in [1.54, 1.807) is 87.0 Å². The first-order chi connectivity index (χ1) is 55.5. The van der Waals surface area contributed by atoms with Crippen LogP contribution in [0.1, 0.15) is 158 Å². The number of Topliss-reactive ketones (excluding diaryl/α,β-unsaturated/α-hetero) is 2. The van der Waals surface area contributed by atoms with Gasteiger partial charge in [0, 0.05) is 100 Å². The summed E-state index contributed by atoms with van der Waals surface area (Å²) < 4.78 is 45.9. The van der Waals surface area contributed by atoms with Crippen molar-refractivity contribution in [1.82, 2.24) is 21.3 Å². The molecule has 33 nitrogen and oxygen atoms in total. The predicted octanol–water partition coefficient (Wildman–Crippen LogP) is 10.0. The number of ketones is 4. The molecule has 0 amide bonds. The van der Waals surface area contributed by atoms with Gasteiger partial charge in [0.05, 0.1) is 66.8 Å². The molecule has 39 heteroatoms. The summed E-state index contributed by atoms with van der Waals surface area (Å²) in [6.45, 7) is 20.3. The summed E-state index contributed by atoms with van der Waals surface area (Å²) in [5, 5.41) is 21.9. The summed E-state index contributed by atoms with van der Waals surface area (Å²) in [6.07, 6.45) is 26.4. The molecule has 2 aromatic rings. The SMILES string of the molecule is CCO.CCOC(=O)CN.CCOC(=O)CN=C1C=C(Nc2ccc(OC)cc2)CCC1.CCOC(=O)CNC1=CC(=O)CCC1.CCOC(=O)CNC1=CC(=O)CCC1.CCOC(=O)CNC1=CC(Cl)=CCC1.CCOC(=O)CNC1=CC(Cl)=CCC1.COc1ccc(N)cc1.Cl.Cl.O.O=C(Cl)C(=O)Cl.O=C1CCCC(=O)C1.O=C=O.[C-]#[O+]. The van der Waals surface area contributed by atoms with Crippen molar-refractivity contribution in [3.63, 3.8) is 0 Å². The molecule has 0 bridgehead atoms. The number of nitrogens with one attached hydrogen (secondary N) is 5. The van der Waals surface area contributed by atoms with Crippen molar-refractivity contribution in [2.75, 3.05) is 111 Å². The van der Waals surface area contributed by atoms with Gasteiger partial charge in [-0.1, -0.05) is 35.4 Å². The van der Waals surface area contributed by atoms with E-state index < -0.39 is 10.5 Å². The van der Waals surface area contributed by atoms with Gasteiger partial charge in [0.1, 0.15) is 55.8 Å². The zero-order chi connectivity index (χ0) is 88.3. The average Bonchev–Trinajstić information content (AvgIpc) is 0.871. The number of benzene rings is 2. The number of nitrogens with zero attached hydrogens (tertiary/aromatic N) is 1. The van der Waals surface area contributed by atoms with E-state index in [1.165, 1.54) is 0 Å². The molecule has 2 aromatic carbocycles. The molecule has 1 fully saturated rings. The Bertz CT molecular complexity index is 3430. The van der Waals surface area contributed by atoms with Crippen molar-refractivity contribution >= 4 is 164 Å². The standard InChI is InChI=1S/C17H22N2O3.2C10H14ClNO2.2C10H15NO3.C7H9NO.C6H8O2.C4H9NO2.C2Cl2O2.C2H6O.CO2.CO.2ClH.H2O/c1-3-22-17(20)12-18-14-5-4-6-15(11-14)19-13-7-9-16(21-2)10-8-13;2*1-2-14-10(13)7-12-9-5-3-4-8(11)6-9;2*1-2-14-10(13)7-11-8-4-3-5-9(12)6-8;1-9-7-4-2-6(8)3-5-7;7-5-2-1-3-6(8)4-5;1-2-7-4(6)3-5;3-1(5)2(4)6;1-2-3;2-1-3;1-2;;;/h7-11,19H,3-6,12H2,1-2H3;2*4,6,12H,2-3,5,7H2,1H3;2*6,11H,2-5,7H2,1H3;2-5H,8H2,1H3;1-4H2;2-3,5H2,1H3;;3H,2H2,1H3;;;2*1H;1H2. The fourth-order valence-electron chi connectivity index (χ4n) is 9.02. The van der Waals surface area contributed by atoms with Gasteiger partial charge in [-0.2, -0.15) is 9.59 Å². The number of allylic oxidation sites excluding steroid dienone is 14. The first-order valence-corrected chi connectivity index (χ1v) is 38.5. The first kappa shape index (κ1) is 122. The van der Waals surface area contributed by atoms with Crippen LogP contribution in [0.5, 0.6) is 11.5 Å². The quantitative estimate of drug-likeness (QED) is 0.00634. The van der Waals surface area contributed by atoms with E-state index in [0.29, 0.717) is 65.3 Å². The molecular formula is C80H116Cl6N8O25. The third-order valence-corrected chi connectivity index (χ3v) is 14.9. The summed E-state index contributed by atoms with van der Waals surface area (Å²) in [4.78, 5) is 148. The number of esters is 6. The molecule has 6 aliphatic carbocycles. The molecular weight excluding hydrogens is 1690 g/mol. The van der Waals surface area contributed by atoms with Crippen LogP contribution in [0.15, 0.2) is 135 Å². The van der Waals surface area contributed by atoms with Crippen molar-refractivity contribution in [1.29, 1.82) is 0 Å². The van der Waals surface area contributed by atoms with Crippen LogP contribution >= 0.6 is 71.2 Å². The van der Waals surface area contributed by atoms with E-state index in [-0.39, 0.29) is 148 Å². The number of aliphatic imine (C=N–C) groups is 1. The number of nitrogen functional groups attached to an aromatic ring is 1. The molecule has 119 heavy (non-hydrogen) atoms. The van der Waals surface area contributed by atoms with E-state index in [1.807, 2.05) is 66.8 Å². The molecule has 6 aliphatic rings. The Morgan fingerprint density at radius 1 is 0.479 bits per heavy atom. The number of halogens is 6. The molecule has 12 N–H and O–H groups in total. The number of nitrogens with two attached hydrogens (primary N) is 2. The molecule has 8 rings (SSSR count). The Labute approximate surface area is 728 Å². The van der Waals surface area contributed by atoms with Crippen LogP contribution in [-0.2, 0) is 100 Å². The summed E-state index contributed by atoms with van der Waals surface area (Å²) >= 11 is 20.6. The maximum atomic E-state index is 11.3. The Morgan fingerprint density at radius 3 is 1.08 bits per heavy atom. The fraction of sp³-hybridized carbons (Fsp3) is 0.487. The van der Waals surface area contributed by atoms with Crippen molar-refractivity contribution < 1.29 is 120 Å². The molecule has 668 valence electrons. The van der Waals surface area contributed by atoms with Gasteiger partial charge in [0.25, 0.3) is 0 Å². The zero-order valence-electron chi connectivity index (χ0n) is 68.6. The van der Waals surface area contributed by atoms with Gasteiger partial charge in [0.2, 0.25) is 0 Å². The summed E-state index contributed by atoms with van der Waals surface area (Å²) in [6, 6.07) is 15.1. The average molecular weight is 1800 g/mol. The van der Waals surface area contributed by atoms with Gasteiger partial charge in [-0.3, -0.25) is 62.5 Å². The second kappa shape index (κ2) is 83.3. The van der Waals surface area contributed by atoms with Gasteiger partial charge >= 0.3 is 63.8 Å². The number of carbonyl (C=O) groups excluding carboxylic acids is 14. The van der Waals surface area contributed by atoms with Crippen LogP contribution in [-0.4, -0.2) is 192 Å². The van der Waals surface area contributed by atoms with Crippen molar-refractivity contribution in [2.45, 2.75) is 158 Å². The van der Waals surface area contributed by atoms with Crippen molar-refractivity contribution in [3.8, 4) is 11.5 Å². The number of carbonyl (C=O) groups is 12. The zero-order valence-corrected chi connectivity index (χ0v) is 73.3. The monoisotopic (exact) mass is 1800 g/mol. The van der Waals surface area contributed by atoms with Gasteiger partial charge in [-0.05, 0) is 215 Å². The molecule has 0 aliphatic heterocycles. The number of hydrogen-bond donors (Lipinski definition) is 8. The second-order valence-electron chi connectivity index (χ2n) is 23.0. The third kappa shape index (κ3) is 75.5. The maximum absolute atomic E-state index is 11.3. The van der Waals surface area contributed by atoms with E-state index in [2.05, 4.69) is 66.2 Å². The summed E-state index contributed by atoms with van der Waals surface area (Å²) in [7, 11) is 3.28. The summed E-state index contributed by atoms with van der Waals surface area (Å²) in [5.74, 6) is 0.480. The normalized spacial score (nSPS) is 13.7. The molecule has 0 aromatic heterocycles. The molecule has 0 saturated heterocycles. The van der Waals surface area contributed by atoms with E-state index in [4.69, 9.17) is 87.2 Å². The molecule has 0 spiro atoms. The fourth-order valence-corrected chi connectivity index (χ4v) is 9.50.